The molecule has 1 heteroatoms. The highest BCUT2D eigenvalue weighted by Gasteiger charge is 1.91. The number of rotatable bonds is 3. The smallest absolute Gasteiger partial charge is 0.0403 e. The van der Waals surface area contributed by atoms with E-state index in [2.05, 4.69) is 24.6 Å². The van der Waals surface area contributed by atoms with Crippen LogP contribution in [0.1, 0.15) is 18.2 Å². The molecule has 1 heterocycles. The summed E-state index contributed by atoms with van der Waals surface area (Å²) in [5, 5.41) is 0. The monoisotopic (exact) mass is 147 g/mol. The number of allylic oxidation sites excluding steroid dienone is 1. The van der Waals surface area contributed by atoms with E-state index in [0.29, 0.717) is 0 Å². The van der Waals surface area contributed by atoms with Gasteiger partial charge in [-0.2, -0.15) is 0 Å². The highest BCUT2D eigenvalue weighted by atomic mass is 14.7. The molecule has 0 unspecified atom stereocenters. The molecule has 0 aliphatic rings. The number of hydrogen-bond donors (Lipinski definition) is 0. The largest absolute Gasteiger partial charge is 0.261 e. The zero-order valence-electron chi connectivity index (χ0n) is 6.88. The molecule has 1 aromatic rings. The maximum atomic E-state index is 4.21. The fourth-order valence-corrected chi connectivity index (χ4v) is 1.02. The predicted octanol–water partition coefficient (Wildman–Crippen LogP) is 2.37. The first-order valence-corrected chi connectivity index (χ1v) is 3.91. The molecule has 11 heavy (non-hydrogen) atoms. The van der Waals surface area contributed by atoms with E-state index in [0.717, 1.165) is 18.5 Å². The Kier molecular flexibility index (Phi) is 2.84. The van der Waals surface area contributed by atoms with Crippen molar-refractivity contribution in [2.24, 2.45) is 0 Å². The summed E-state index contributed by atoms with van der Waals surface area (Å²) in [5.74, 6) is 0. The SMILES string of the molecule is C=CCc1ccnc(CC)c1. The molecule has 58 valence electrons. The van der Waals surface area contributed by atoms with Crippen molar-refractivity contribution in [2.45, 2.75) is 19.8 Å². The molecular formula is C10H13N. The Bertz CT molecular complexity index is 240. The van der Waals surface area contributed by atoms with Gasteiger partial charge in [0.2, 0.25) is 0 Å². The Morgan fingerprint density at radius 3 is 3.09 bits per heavy atom. The van der Waals surface area contributed by atoms with Crippen LogP contribution < -0.4 is 0 Å². The molecule has 1 aromatic heterocycles. The maximum Gasteiger partial charge on any atom is 0.0403 e. The Morgan fingerprint density at radius 1 is 1.64 bits per heavy atom. The standard InChI is InChI=1S/C10H13N/c1-3-5-9-6-7-11-10(4-2)8-9/h3,6-8H,1,4-5H2,2H3. The van der Waals surface area contributed by atoms with Crippen molar-refractivity contribution in [3.8, 4) is 0 Å². The molecule has 0 amide bonds. The molecule has 0 atom stereocenters. The average Bonchev–Trinajstić information content (AvgIpc) is 2.06. The molecule has 1 rings (SSSR count). The minimum absolute atomic E-state index is 0.940. The molecule has 0 aliphatic carbocycles. The van der Waals surface area contributed by atoms with Gasteiger partial charge in [0.1, 0.15) is 0 Å². The lowest BCUT2D eigenvalue weighted by molar-refractivity contribution is 1.02. The number of aryl methyl sites for hydroxylation is 1. The van der Waals surface area contributed by atoms with E-state index in [4.69, 9.17) is 0 Å². The number of aromatic nitrogens is 1. The first-order valence-electron chi connectivity index (χ1n) is 3.91. The van der Waals surface area contributed by atoms with Crippen LogP contribution in [0.25, 0.3) is 0 Å². The third kappa shape index (κ3) is 2.19. The summed E-state index contributed by atoms with van der Waals surface area (Å²) < 4.78 is 0. The predicted molar refractivity (Wildman–Crippen MR) is 47.5 cm³/mol. The highest BCUT2D eigenvalue weighted by molar-refractivity contribution is 5.18. The van der Waals surface area contributed by atoms with Crippen LogP contribution in [0.3, 0.4) is 0 Å². The topological polar surface area (TPSA) is 12.9 Å². The molecule has 0 aromatic carbocycles. The summed E-state index contributed by atoms with van der Waals surface area (Å²) in [5.41, 5.74) is 2.45. The van der Waals surface area contributed by atoms with Crippen molar-refractivity contribution in [3.63, 3.8) is 0 Å². The van der Waals surface area contributed by atoms with Crippen molar-refractivity contribution in [3.05, 3.63) is 42.2 Å². The van der Waals surface area contributed by atoms with Gasteiger partial charge in [0.25, 0.3) is 0 Å². The summed E-state index contributed by atoms with van der Waals surface area (Å²) in [6, 6.07) is 4.16. The highest BCUT2D eigenvalue weighted by Crippen LogP contribution is 2.03. The van der Waals surface area contributed by atoms with Gasteiger partial charge in [0, 0.05) is 11.9 Å². The van der Waals surface area contributed by atoms with E-state index in [1.54, 1.807) is 0 Å². The molecule has 0 spiro atoms. The van der Waals surface area contributed by atoms with Crippen LogP contribution in [0.2, 0.25) is 0 Å². The lowest BCUT2D eigenvalue weighted by atomic mass is 10.1. The normalized spacial score (nSPS) is 9.55. The van der Waals surface area contributed by atoms with Crippen LogP contribution in [0.15, 0.2) is 31.0 Å². The van der Waals surface area contributed by atoms with Crippen LogP contribution in [-0.2, 0) is 12.8 Å². The van der Waals surface area contributed by atoms with Crippen LogP contribution >= 0.6 is 0 Å². The van der Waals surface area contributed by atoms with E-state index in [1.165, 1.54) is 5.56 Å². The summed E-state index contributed by atoms with van der Waals surface area (Å²) in [4.78, 5) is 4.21. The lowest BCUT2D eigenvalue weighted by Crippen LogP contribution is -1.88. The molecule has 0 radical (unpaired) electrons. The lowest BCUT2D eigenvalue weighted by Gasteiger charge is -1.98. The number of hydrogen-bond acceptors (Lipinski definition) is 1. The van der Waals surface area contributed by atoms with E-state index < -0.39 is 0 Å². The van der Waals surface area contributed by atoms with E-state index in [1.807, 2.05) is 18.3 Å². The van der Waals surface area contributed by atoms with Gasteiger partial charge in [0.05, 0.1) is 0 Å². The summed E-state index contributed by atoms with van der Waals surface area (Å²) in [7, 11) is 0. The van der Waals surface area contributed by atoms with Crippen molar-refractivity contribution < 1.29 is 0 Å². The minimum Gasteiger partial charge on any atom is -0.261 e. The second-order valence-corrected chi connectivity index (χ2v) is 2.50. The van der Waals surface area contributed by atoms with Crippen LogP contribution in [0.5, 0.6) is 0 Å². The van der Waals surface area contributed by atoms with Crippen LogP contribution in [0.4, 0.5) is 0 Å². The Morgan fingerprint density at radius 2 is 2.45 bits per heavy atom. The van der Waals surface area contributed by atoms with Crippen LogP contribution in [-0.4, -0.2) is 4.98 Å². The van der Waals surface area contributed by atoms with Gasteiger partial charge >= 0.3 is 0 Å². The Balaban J connectivity index is 2.82. The zero-order chi connectivity index (χ0) is 8.10. The maximum absolute atomic E-state index is 4.21. The van der Waals surface area contributed by atoms with Crippen molar-refractivity contribution in [2.75, 3.05) is 0 Å². The van der Waals surface area contributed by atoms with E-state index >= 15 is 0 Å². The molecular weight excluding hydrogens is 134 g/mol. The number of pyridine rings is 1. The van der Waals surface area contributed by atoms with Gasteiger partial charge in [-0.1, -0.05) is 13.0 Å². The third-order valence-electron chi connectivity index (χ3n) is 1.62. The Labute approximate surface area is 67.8 Å². The first-order chi connectivity index (χ1) is 5.36. The molecule has 0 fully saturated rings. The third-order valence-corrected chi connectivity index (χ3v) is 1.62. The molecule has 1 nitrogen and oxygen atoms in total. The van der Waals surface area contributed by atoms with Crippen molar-refractivity contribution in [1.82, 2.24) is 4.98 Å². The molecule has 0 bridgehead atoms. The van der Waals surface area contributed by atoms with Gasteiger partial charge in [-0.05, 0) is 30.5 Å². The minimum atomic E-state index is 0.940. The average molecular weight is 147 g/mol. The first kappa shape index (κ1) is 7.99. The van der Waals surface area contributed by atoms with Gasteiger partial charge in [-0.3, -0.25) is 4.98 Å². The molecule has 0 saturated carbocycles. The summed E-state index contributed by atoms with van der Waals surface area (Å²) >= 11 is 0. The van der Waals surface area contributed by atoms with Crippen molar-refractivity contribution in [1.29, 1.82) is 0 Å². The second-order valence-electron chi connectivity index (χ2n) is 2.50. The van der Waals surface area contributed by atoms with Gasteiger partial charge in [-0.25, -0.2) is 0 Å². The van der Waals surface area contributed by atoms with Crippen molar-refractivity contribution >= 4 is 0 Å². The van der Waals surface area contributed by atoms with E-state index in [-0.39, 0.29) is 0 Å². The van der Waals surface area contributed by atoms with Gasteiger partial charge in [-0.15, -0.1) is 6.58 Å². The molecule has 0 aliphatic heterocycles. The van der Waals surface area contributed by atoms with Gasteiger partial charge < -0.3 is 0 Å². The quantitative estimate of drug-likeness (QED) is 0.598. The summed E-state index contributed by atoms with van der Waals surface area (Å²) in [6.07, 6.45) is 5.72. The van der Waals surface area contributed by atoms with Gasteiger partial charge in [0.15, 0.2) is 0 Å². The second kappa shape index (κ2) is 3.91. The molecule has 0 saturated heterocycles. The molecule has 0 N–H and O–H groups in total. The Hall–Kier alpha value is -1.11. The fraction of sp³-hybridized carbons (Fsp3) is 0.300. The summed E-state index contributed by atoms with van der Waals surface area (Å²) in [6.45, 7) is 5.80. The van der Waals surface area contributed by atoms with Crippen LogP contribution in [0, 0.1) is 0 Å². The number of nitrogens with zero attached hydrogens (tertiary/aromatic N) is 1. The zero-order valence-corrected chi connectivity index (χ0v) is 6.88. The fourth-order valence-electron chi connectivity index (χ4n) is 1.02. The van der Waals surface area contributed by atoms with E-state index in [9.17, 15) is 0 Å².